The molecule has 156 valence electrons. The van der Waals surface area contributed by atoms with E-state index in [9.17, 15) is 19.5 Å². The van der Waals surface area contributed by atoms with Gasteiger partial charge in [0.05, 0.1) is 46.6 Å². The van der Waals surface area contributed by atoms with Gasteiger partial charge in [-0.2, -0.15) is 5.26 Å². The van der Waals surface area contributed by atoms with E-state index in [2.05, 4.69) is 15.6 Å². The first-order chi connectivity index (χ1) is 15.0. The predicted octanol–water partition coefficient (Wildman–Crippen LogP) is 2.97. The van der Waals surface area contributed by atoms with Crippen LogP contribution in [0.25, 0.3) is 10.9 Å². The number of carboxylic acid groups (broad SMARTS) is 1. The summed E-state index contributed by atoms with van der Waals surface area (Å²) in [5, 5.41) is 24.5. The van der Waals surface area contributed by atoms with Crippen LogP contribution in [0.2, 0.25) is 0 Å². The molecule has 2 aromatic carbocycles. The molecule has 4 N–H and O–H groups in total. The molecule has 9 heteroatoms. The molecule has 9 nitrogen and oxygen atoms in total. The highest BCUT2D eigenvalue weighted by Gasteiger charge is 2.24. The summed E-state index contributed by atoms with van der Waals surface area (Å²) in [6.45, 7) is 0.944. The molecule has 1 aromatic heterocycles. The lowest BCUT2D eigenvalue weighted by Gasteiger charge is -2.10. The number of H-pyrrole nitrogens is 1. The number of para-hydroxylation sites is 1. The van der Waals surface area contributed by atoms with E-state index in [1.807, 2.05) is 6.07 Å². The summed E-state index contributed by atoms with van der Waals surface area (Å²) in [6.07, 6.45) is 0.663. The van der Waals surface area contributed by atoms with Crippen LogP contribution in [0.1, 0.15) is 32.8 Å². The largest absolute Gasteiger partial charge is 0.478 e. The van der Waals surface area contributed by atoms with Crippen LogP contribution >= 0.6 is 0 Å². The van der Waals surface area contributed by atoms with Crippen LogP contribution in [0.15, 0.2) is 42.5 Å². The molecule has 31 heavy (non-hydrogen) atoms. The van der Waals surface area contributed by atoms with E-state index in [0.717, 1.165) is 0 Å². The average molecular weight is 418 g/mol. The van der Waals surface area contributed by atoms with Gasteiger partial charge in [-0.15, -0.1) is 0 Å². The Morgan fingerprint density at radius 3 is 2.68 bits per heavy atom. The summed E-state index contributed by atoms with van der Waals surface area (Å²) in [6, 6.07) is 12.8. The minimum atomic E-state index is -1.26. The number of anilines is 2. The summed E-state index contributed by atoms with van der Waals surface area (Å²) < 4.78 is 5.26. The van der Waals surface area contributed by atoms with E-state index < -0.39 is 11.9 Å². The number of carboxylic acids is 1. The van der Waals surface area contributed by atoms with Crippen LogP contribution < -0.4 is 10.6 Å². The lowest BCUT2D eigenvalue weighted by molar-refractivity contribution is -0.119. The number of ether oxygens (including phenoxy) is 1. The maximum absolute atomic E-state index is 12.8. The number of rotatable bonds is 5. The third kappa shape index (κ3) is 4.10. The molecular formula is C22H18N4O5. The molecule has 0 spiro atoms. The molecule has 1 aliphatic rings. The number of amides is 2. The molecule has 4 rings (SSSR count). The topological polar surface area (TPSA) is 144 Å². The minimum absolute atomic E-state index is 0.0740. The van der Waals surface area contributed by atoms with Gasteiger partial charge >= 0.3 is 5.97 Å². The van der Waals surface area contributed by atoms with Gasteiger partial charge in [-0.25, -0.2) is 4.79 Å². The highest BCUT2D eigenvalue weighted by atomic mass is 16.5. The van der Waals surface area contributed by atoms with Gasteiger partial charge in [0, 0.05) is 12.0 Å². The molecule has 0 saturated carbocycles. The molecule has 0 bridgehead atoms. The smallest absolute Gasteiger partial charge is 0.337 e. The van der Waals surface area contributed by atoms with Crippen molar-refractivity contribution in [1.29, 1.82) is 5.26 Å². The fourth-order valence-electron chi connectivity index (χ4n) is 3.45. The second-order valence-corrected chi connectivity index (χ2v) is 7.13. The van der Waals surface area contributed by atoms with Crippen LogP contribution in [0.3, 0.4) is 0 Å². The number of aromatic carboxylic acids is 1. The standard InChI is InChI=1S/C22H18N4O5/c23-10-12-4-5-16(15(8-12)22(29)30)25-21(28)18-9-13-2-1-3-17(19(13)24-18)26-20(27)14-6-7-31-11-14/h1-5,8-9,14,24H,6-7,11H2,(H,25,28)(H,26,27)(H,29,30). The maximum Gasteiger partial charge on any atom is 0.337 e. The number of nitriles is 1. The lowest BCUT2D eigenvalue weighted by Crippen LogP contribution is -2.22. The summed E-state index contributed by atoms with van der Waals surface area (Å²) in [5.41, 5.74) is 1.38. The third-order valence-corrected chi connectivity index (χ3v) is 5.09. The van der Waals surface area contributed by atoms with Crippen molar-refractivity contribution in [3.8, 4) is 6.07 Å². The molecule has 2 heterocycles. The Labute approximate surface area is 176 Å². The number of aromatic amines is 1. The number of nitrogens with one attached hydrogen (secondary N) is 3. The predicted molar refractivity (Wildman–Crippen MR) is 112 cm³/mol. The molecule has 0 aliphatic carbocycles. The Hall–Kier alpha value is -4.16. The number of carbonyl (C=O) groups excluding carboxylic acids is 2. The summed E-state index contributed by atoms with van der Waals surface area (Å²) in [7, 11) is 0. The van der Waals surface area contributed by atoms with Crippen LogP contribution in [-0.4, -0.2) is 41.1 Å². The second kappa shape index (κ2) is 8.30. The zero-order valence-corrected chi connectivity index (χ0v) is 16.3. The monoisotopic (exact) mass is 418 g/mol. The number of nitrogens with zero attached hydrogens (tertiary/aromatic N) is 1. The summed E-state index contributed by atoms with van der Waals surface area (Å²) in [5.74, 6) is -2.16. The molecule has 1 aliphatic heterocycles. The second-order valence-electron chi connectivity index (χ2n) is 7.13. The first-order valence-corrected chi connectivity index (χ1v) is 9.55. The fourth-order valence-corrected chi connectivity index (χ4v) is 3.45. The van der Waals surface area contributed by atoms with Crippen molar-refractivity contribution in [2.75, 3.05) is 23.8 Å². The van der Waals surface area contributed by atoms with Crippen molar-refractivity contribution >= 4 is 40.1 Å². The van der Waals surface area contributed by atoms with Crippen molar-refractivity contribution in [2.45, 2.75) is 6.42 Å². The van der Waals surface area contributed by atoms with E-state index >= 15 is 0 Å². The zero-order valence-electron chi connectivity index (χ0n) is 16.3. The first-order valence-electron chi connectivity index (χ1n) is 9.55. The van der Waals surface area contributed by atoms with E-state index in [0.29, 0.717) is 36.2 Å². The number of hydrogen-bond acceptors (Lipinski definition) is 5. The molecule has 1 saturated heterocycles. The summed E-state index contributed by atoms with van der Waals surface area (Å²) in [4.78, 5) is 39.7. The van der Waals surface area contributed by atoms with Gasteiger partial charge in [-0.1, -0.05) is 12.1 Å². The highest BCUT2D eigenvalue weighted by molar-refractivity contribution is 6.10. The average Bonchev–Trinajstić information content (AvgIpc) is 3.44. The third-order valence-electron chi connectivity index (χ3n) is 5.09. The van der Waals surface area contributed by atoms with Gasteiger partial charge < -0.3 is 25.5 Å². The normalized spacial score (nSPS) is 15.4. The maximum atomic E-state index is 12.8. The van der Waals surface area contributed by atoms with E-state index in [4.69, 9.17) is 10.00 Å². The van der Waals surface area contributed by atoms with Gasteiger partial charge in [0.1, 0.15) is 5.69 Å². The lowest BCUT2D eigenvalue weighted by atomic mass is 10.1. The number of benzene rings is 2. The van der Waals surface area contributed by atoms with Crippen LogP contribution in [0.5, 0.6) is 0 Å². The van der Waals surface area contributed by atoms with Crippen LogP contribution in [0, 0.1) is 17.2 Å². The number of carbonyl (C=O) groups is 3. The molecule has 2 amide bonds. The van der Waals surface area contributed by atoms with E-state index in [1.165, 1.54) is 18.2 Å². The van der Waals surface area contributed by atoms with Gasteiger partial charge in [-0.3, -0.25) is 9.59 Å². The fraction of sp³-hybridized carbons (Fsp3) is 0.182. The van der Waals surface area contributed by atoms with Crippen molar-refractivity contribution in [1.82, 2.24) is 4.98 Å². The molecular weight excluding hydrogens is 400 g/mol. The number of aromatic nitrogens is 1. The number of fused-ring (bicyclic) bond motifs is 1. The number of hydrogen-bond donors (Lipinski definition) is 4. The Morgan fingerprint density at radius 2 is 1.97 bits per heavy atom. The van der Waals surface area contributed by atoms with Crippen molar-refractivity contribution in [3.63, 3.8) is 0 Å². The first kappa shape index (κ1) is 20.1. The highest BCUT2D eigenvalue weighted by Crippen LogP contribution is 2.26. The van der Waals surface area contributed by atoms with Crippen LogP contribution in [-0.2, 0) is 9.53 Å². The Kier molecular flexibility index (Phi) is 5.39. The van der Waals surface area contributed by atoms with Gasteiger partial charge in [0.2, 0.25) is 5.91 Å². The Morgan fingerprint density at radius 1 is 1.13 bits per heavy atom. The quantitative estimate of drug-likeness (QED) is 0.501. The summed E-state index contributed by atoms with van der Waals surface area (Å²) >= 11 is 0. The SMILES string of the molecule is N#Cc1ccc(NC(=O)c2cc3cccc(NC(=O)C4CCOC4)c3[nH]2)c(C(=O)O)c1. The van der Waals surface area contributed by atoms with Gasteiger partial charge in [0.15, 0.2) is 0 Å². The minimum Gasteiger partial charge on any atom is -0.478 e. The molecule has 0 radical (unpaired) electrons. The van der Waals surface area contributed by atoms with Gasteiger partial charge in [-0.05, 0) is 36.8 Å². The molecule has 1 fully saturated rings. The van der Waals surface area contributed by atoms with Crippen molar-refractivity contribution in [2.24, 2.45) is 5.92 Å². The molecule has 3 aromatic rings. The van der Waals surface area contributed by atoms with E-state index in [-0.39, 0.29) is 34.3 Å². The van der Waals surface area contributed by atoms with E-state index in [1.54, 1.807) is 24.3 Å². The van der Waals surface area contributed by atoms with Crippen molar-refractivity contribution < 1.29 is 24.2 Å². The molecule has 1 atom stereocenters. The Bertz CT molecular complexity index is 1230. The zero-order chi connectivity index (χ0) is 22.0. The van der Waals surface area contributed by atoms with Crippen molar-refractivity contribution in [3.05, 3.63) is 59.3 Å². The van der Waals surface area contributed by atoms with Crippen LogP contribution in [0.4, 0.5) is 11.4 Å². The van der Waals surface area contributed by atoms with Gasteiger partial charge in [0.25, 0.3) is 5.91 Å². The molecule has 1 unspecified atom stereocenters. The Balaban J connectivity index is 1.59.